The normalized spacial score (nSPS) is 29.4. The van der Waals surface area contributed by atoms with E-state index in [9.17, 15) is 4.79 Å². The summed E-state index contributed by atoms with van der Waals surface area (Å²) < 4.78 is 0. The standard InChI is InChI=1S/C10H12O/c1-3-10-8(2)5-4-6-9(10)7-11/h3-8,10H,1H2,2H3. The SMILES string of the molecule is C=CC1C(C=O)=CC=CC1C. The molecule has 1 rings (SSSR count). The van der Waals surface area contributed by atoms with Gasteiger partial charge >= 0.3 is 0 Å². The molecule has 0 aromatic rings. The van der Waals surface area contributed by atoms with E-state index in [4.69, 9.17) is 0 Å². The van der Waals surface area contributed by atoms with Crippen LogP contribution in [0.5, 0.6) is 0 Å². The highest BCUT2D eigenvalue weighted by atomic mass is 16.1. The Morgan fingerprint density at radius 2 is 2.36 bits per heavy atom. The molecule has 2 atom stereocenters. The molecule has 0 heterocycles. The molecular formula is C10H12O. The van der Waals surface area contributed by atoms with E-state index in [0.29, 0.717) is 5.92 Å². The van der Waals surface area contributed by atoms with Gasteiger partial charge in [-0.05, 0) is 11.5 Å². The van der Waals surface area contributed by atoms with Gasteiger partial charge in [-0.15, -0.1) is 6.58 Å². The van der Waals surface area contributed by atoms with Gasteiger partial charge in [0, 0.05) is 5.92 Å². The highest BCUT2D eigenvalue weighted by molar-refractivity contribution is 5.76. The fraction of sp³-hybridized carbons (Fsp3) is 0.300. The Kier molecular flexibility index (Phi) is 2.42. The van der Waals surface area contributed by atoms with E-state index in [0.717, 1.165) is 11.9 Å². The molecule has 11 heavy (non-hydrogen) atoms. The Bertz CT molecular complexity index is 223. The molecule has 0 amide bonds. The molecule has 0 bridgehead atoms. The number of carbonyl (C=O) groups is 1. The van der Waals surface area contributed by atoms with Crippen LogP contribution in [0.2, 0.25) is 0 Å². The average Bonchev–Trinajstić information content (AvgIpc) is 2.04. The molecule has 2 unspecified atom stereocenters. The monoisotopic (exact) mass is 148 g/mol. The quantitative estimate of drug-likeness (QED) is 0.433. The Morgan fingerprint density at radius 3 is 2.82 bits per heavy atom. The lowest BCUT2D eigenvalue weighted by atomic mass is 9.84. The van der Waals surface area contributed by atoms with Crippen LogP contribution in [0.15, 0.2) is 36.5 Å². The molecule has 58 valence electrons. The highest BCUT2D eigenvalue weighted by Gasteiger charge is 2.17. The molecule has 1 heteroatoms. The number of carbonyl (C=O) groups excluding carboxylic acids is 1. The lowest BCUT2D eigenvalue weighted by molar-refractivity contribution is -0.105. The van der Waals surface area contributed by atoms with Crippen molar-refractivity contribution in [3.63, 3.8) is 0 Å². The fourth-order valence-corrected chi connectivity index (χ4v) is 1.34. The van der Waals surface area contributed by atoms with Gasteiger partial charge in [-0.3, -0.25) is 4.79 Å². The molecule has 0 fully saturated rings. The summed E-state index contributed by atoms with van der Waals surface area (Å²) in [5, 5.41) is 0. The van der Waals surface area contributed by atoms with E-state index in [1.165, 1.54) is 0 Å². The first-order chi connectivity index (χ1) is 5.29. The van der Waals surface area contributed by atoms with Gasteiger partial charge in [0.05, 0.1) is 0 Å². The van der Waals surface area contributed by atoms with Crippen molar-refractivity contribution in [2.45, 2.75) is 6.92 Å². The van der Waals surface area contributed by atoms with Crippen molar-refractivity contribution in [3.8, 4) is 0 Å². The van der Waals surface area contributed by atoms with Gasteiger partial charge in [-0.25, -0.2) is 0 Å². The third kappa shape index (κ3) is 1.48. The minimum atomic E-state index is 0.206. The number of aldehydes is 1. The van der Waals surface area contributed by atoms with E-state index in [1.807, 2.05) is 18.2 Å². The van der Waals surface area contributed by atoms with Crippen LogP contribution in [-0.4, -0.2) is 6.29 Å². The third-order valence-electron chi connectivity index (χ3n) is 2.04. The fourth-order valence-electron chi connectivity index (χ4n) is 1.34. The Labute approximate surface area is 67.1 Å². The van der Waals surface area contributed by atoms with Crippen molar-refractivity contribution in [2.75, 3.05) is 0 Å². The molecule has 0 radical (unpaired) electrons. The van der Waals surface area contributed by atoms with Crippen LogP contribution >= 0.6 is 0 Å². The van der Waals surface area contributed by atoms with Crippen molar-refractivity contribution in [1.82, 2.24) is 0 Å². The molecule has 0 aromatic carbocycles. The van der Waals surface area contributed by atoms with Gasteiger partial charge in [-0.1, -0.05) is 31.2 Å². The molecule has 1 aliphatic carbocycles. The second-order valence-electron chi connectivity index (χ2n) is 2.79. The zero-order valence-corrected chi connectivity index (χ0v) is 6.66. The van der Waals surface area contributed by atoms with Crippen molar-refractivity contribution < 1.29 is 4.79 Å². The Balaban J connectivity index is 2.89. The summed E-state index contributed by atoms with van der Waals surface area (Å²) in [6, 6.07) is 0. The van der Waals surface area contributed by atoms with Gasteiger partial charge < -0.3 is 0 Å². The van der Waals surface area contributed by atoms with Crippen molar-refractivity contribution >= 4 is 6.29 Å². The second kappa shape index (κ2) is 3.33. The smallest absolute Gasteiger partial charge is 0.146 e. The number of allylic oxidation sites excluding steroid dienone is 5. The summed E-state index contributed by atoms with van der Waals surface area (Å²) in [4.78, 5) is 10.5. The molecule has 0 spiro atoms. The average molecular weight is 148 g/mol. The first kappa shape index (κ1) is 7.99. The molecule has 0 N–H and O–H groups in total. The first-order valence-corrected chi connectivity index (χ1v) is 3.75. The first-order valence-electron chi connectivity index (χ1n) is 3.75. The Hall–Kier alpha value is -1.11. The van der Waals surface area contributed by atoms with Crippen LogP contribution < -0.4 is 0 Å². The number of hydrogen-bond donors (Lipinski definition) is 0. The third-order valence-corrected chi connectivity index (χ3v) is 2.04. The van der Waals surface area contributed by atoms with Crippen LogP contribution in [0, 0.1) is 11.8 Å². The summed E-state index contributed by atoms with van der Waals surface area (Å²) in [6.07, 6.45) is 8.59. The summed E-state index contributed by atoms with van der Waals surface area (Å²) >= 11 is 0. The van der Waals surface area contributed by atoms with Crippen molar-refractivity contribution in [2.24, 2.45) is 11.8 Å². The second-order valence-corrected chi connectivity index (χ2v) is 2.79. The van der Waals surface area contributed by atoms with E-state index in [2.05, 4.69) is 19.6 Å². The van der Waals surface area contributed by atoms with Crippen molar-refractivity contribution in [1.29, 1.82) is 0 Å². The maximum Gasteiger partial charge on any atom is 0.146 e. The predicted octanol–water partition coefficient (Wildman–Crippen LogP) is 2.12. The zero-order valence-electron chi connectivity index (χ0n) is 6.66. The van der Waals surface area contributed by atoms with Gasteiger partial charge in [0.1, 0.15) is 6.29 Å². The minimum absolute atomic E-state index is 0.206. The summed E-state index contributed by atoms with van der Waals surface area (Å²) in [5.41, 5.74) is 0.829. The molecule has 0 aliphatic heterocycles. The van der Waals surface area contributed by atoms with Crippen LogP contribution in [-0.2, 0) is 4.79 Å². The molecule has 1 nitrogen and oxygen atoms in total. The largest absolute Gasteiger partial charge is 0.298 e. The lowest BCUT2D eigenvalue weighted by Gasteiger charge is -2.19. The summed E-state index contributed by atoms with van der Waals surface area (Å²) in [6.45, 7) is 5.78. The molecule has 0 aromatic heterocycles. The predicted molar refractivity (Wildman–Crippen MR) is 46.1 cm³/mol. The highest BCUT2D eigenvalue weighted by Crippen LogP contribution is 2.25. The van der Waals surface area contributed by atoms with Gasteiger partial charge in [0.15, 0.2) is 0 Å². The zero-order chi connectivity index (χ0) is 8.27. The lowest BCUT2D eigenvalue weighted by Crippen LogP contribution is -2.13. The van der Waals surface area contributed by atoms with E-state index in [1.54, 1.807) is 0 Å². The van der Waals surface area contributed by atoms with Crippen LogP contribution in [0.3, 0.4) is 0 Å². The van der Waals surface area contributed by atoms with E-state index < -0.39 is 0 Å². The maximum absolute atomic E-state index is 10.5. The van der Waals surface area contributed by atoms with Gasteiger partial charge in [-0.2, -0.15) is 0 Å². The molecule has 1 aliphatic rings. The topological polar surface area (TPSA) is 17.1 Å². The number of hydrogen-bond acceptors (Lipinski definition) is 1. The van der Waals surface area contributed by atoms with Crippen LogP contribution in [0.1, 0.15) is 6.92 Å². The maximum atomic E-state index is 10.5. The van der Waals surface area contributed by atoms with Gasteiger partial charge in [0.25, 0.3) is 0 Å². The van der Waals surface area contributed by atoms with Crippen LogP contribution in [0.25, 0.3) is 0 Å². The van der Waals surface area contributed by atoms with E-state index >= 15 is 0 Å². The number of rotatable bonds is 2. The van der Waals surface area contributed by atoms with E-state index in [-0.39, 0.29) is 5.92 Å². The van der Waals surface area contributed by atoms with Gasteiger partial charge in [0.2, 0.25) is 0 Å². The Morgan fingerprint density at radius 1 is 1.64 bits per heavy atom. The summed E-state index contributed by atoms with van der Waals surface area (Å²) in [5.74, 6) is 0.607. The van der Waals surface area contributed by atoms with Crippen LogP contribution in [0.4, 0.5) is 0 Å². The minimum Gasteiger partial charge on any atom is -0.298 e. The summed E-state index contributed by atoms with van der Waals surface area (Å²) in [7, 11) is 0. The molecule has 0 saturated heterocycles. The van der Waals surface area contributed by atoms with Crippen molar-refractivity contribution in [3.05, 3.63) is 36.5 Å². The molecule has 0 saturated carbocycles. The molecular weight excluding hydrogens is 136 g/mol.